The Bertz CT molecular complexity index is 150. The van der Waals surface area contributed by atoms with Gasteiger partial charge in [-0.15, -0.1) is 0 Å². The zero-order valence-electron chi connectivity index (χ0n) is 8.55. The molecule has 0 nitrogen and oxygen atoms in total. The van der Waals surface area contributed by atoms with Gasteiger partial charge in [0.15, 0.2) is 0 Å². The molecular weight excluding hydrogens is 144 g/mol. The van der Waals surface area contributed by atoms with Crippen molar-refractivity contribution in [2.45, 2.75) is 52.4 Å². The summed E-state index contributed by atoms with van der Waals surface area (Å²) in [7, 11) is 0. The van der Waals surface area contributed by atoms with Gasteiger partial charge in [-0.2, -0.15) is 0 Å². The quantitative estimate of drug-likeness (QED) is 0.512. The van der Waals surface area contributed by atoms with Crippen LogP contribution in [0.4, 0.5) is 0 Å². The van der Waals surface area contributed by atoms with E-state index in [0.717, 1.165) is 23.7 Å². The van der Waals surface area contributed by atoms with Crippen molar-refractivity contribution in [3.8, 4) is 0 Å². The topological polar surface area (TPSA) is 0 Å². The average molecular weight is 166 g/mol. The zero-order valence-corrected chi connectivity index (χ0v) is 8.55. The summed E-state index contributed by atoms with van der Waals surface area (Å²) in [5.41, 5.74) is 0. The van der Waals surface area contributed by atoms with Gasteiger partial charge < -0.3 is 0 Å². The first-order valence-electron chi connectivity index (χ1n) is 5.77. The molecule has 0 aromatic carbocycles. The van der Waals surface area contributed by atoms with Crippen molar-refractivity contribution in [2.75, 3.05) is 0 Å². The molecule has 70 valence electrons. The van der Waals surface area contributed by atoms with Gasteiger partial charge in [0, 0.05) is 0 Å². The molecule has 0 N–H and O–H groups in total. The van der Waals surface area contributed by atoms with E-state index in [0.29, 0.717) is 0 Å². The largest absolute Gasteiger partial charge is 0.0625 e. The molecule has 2 rings (SSSR count). The van der Waals surface area contributed by atoms with Gasteiger partial charge in [-0.3, -0.25) is 0 Å². The van der Waals surface area contributed by atoms with Gasteiger partial charge in [0.05, 0.1) is 0 Å². The third kappa shape index (κ3) is 1.53. The molecule has 0 aliphatic heterocycles. The summed E-state index contributed by atoms with van der Waals surface area (Å²) < 4.78 is 0. The highest BCUT2D eigenvalue weighted by Crippen LogP contribution is 2.45. The van der Waals surface area contributed by atoms with Crippen molar-refractivity contribution in [1.29, 1.82) is 0 Å². The fourth-order valence-corrected chi connectivity index (χ4v) is 3.52. The van der Waals surface area contributed by atoms with Gasteiger partial charge >= 0.3 is 0 Å². The molecule has 0 aromatic rings. The van der Waals surface area contributed by atoms with Crippen LogP contribution >= 0.6 is 0 Å². The van der Waals surface area contributed by atoms with E-state index in [4.69, 9.17) is 0 Å². The highest BCUT2D eigenvalue weighted by atomic mass is 14.4. The molecular formula is C12H22. The molecule has 0 amide bonds. The first kappa shape index (κ1) is 8.59. The fourth-order valence-electron chi connectivity index (χ4n) is 3.52. The molecule has 0 spiro atoms. The van der Waals surface area contributed by atoms with Crippen molar-refractivity contribution < 1.29 is 0 Å². The molecule has 0 heterocycles. The van der Waals surface area contributed by atoms with Gasteiger partial charge in [0.2, 0.25) is 0 Å². The van der Waals surface area contributed by atoms with E-state index in [1.54, 1.807) is 6.42 Å². The Morgan fingerprint density at radius 3 is 2.58 bits per heavy atom. The minimum Gasteiger partial charge on any atom is -0.0625 e. The fraction of sp³-hybridized carbons (Fsp3) is 1.00. The number of fused-ring (bicyclic) bond motifs is 1. The lowest BCUT2D eigenvalue weighted by atomic mass is 9.64. The Morgan fingerprint density at radius 1 is 0.917 bits per heavy atom. The molecule has 4 atom stereocenters. The van der Waals surface area contributed by atoms with Crippen LogP contribution in [0.25, 0.3) is 0 Å². The first-order chi connectivity index (χ1) is 5.77. The molecule has 0 saturated heterocycles. The highest BCUT2D eigenvalue weighted by molar-refractivity contribution is 4.85. The van der Waals surface area contributed by atoms with Crippen molar-refractivity contribution >= 4 is 0 Å². The summed E-state index contributed by atoms with van der Waals surface area (Å²) in [6.45, 7) is 4.92. The van der Waals surface area contributed by atoms with Crippen molar-refractivity contribution in [3.05, 3.63) is 0 Å². The van der Waals surface area contributed by atoms with Gasteiger partial charge in [0.25, 0.3) is 0 Å². The van der Waals surface area contributed by atoms with E-state index in [1.165, 1.54) is 32.1 Å². The van der Waals surface area contributed by atoms with Crippen LogP contribution in [0.1, 0.15) is 52.4 Å². The third-order valence-corrected chi connectivity index (χ3v) is 4.27. The van der Waals surface area contributed by atoms with Crippen LogP contribution in [-0.2, 0) is 0 Å². The number of rotatable bonds is 0. The van der Waals surface area contributed by atoms with Gasteiger partial charge in [-0.25, -0.2) is 0 Å². The molecule has 0 heteroatoms. The van der Waals surface area contributed by atoms with Gasteiger partial charge in [-0.1, -0.05) is 39.5 Å². The Hall–Kier alpha value is 0. The van der Waals surface area contributed by atoms with E-state index in [2.05, 4.69) is 13.8 Å². The Morgan fingerprint density at radius 2 is 1.75 bits per heavy atom. The number of hydrogen-bond donors (Lipinski definition) is 0. The van der Waals surface area contributed by atoms with Crippen LogP contribution in [0, 0.1) is 23.7 Å². The van der Waals surface area contributed by atoms with E-state index in [9.17, 15) is 0 Å². The monoisotopic (exact) mass is 166 g/mol. The summed E-state index contributed by atoms with van der Waals surface area (Å²) in [6, 6.07) is 0. The van der Waals surface area contributed by atoms with Crippen LogP contribution in [0.2, 0.25) is 0 Å². The van der Waals surface area contributed by atoms with Crippen molar-refractivity contribution in [3.63, 3.8) is 0 Å². The standard InChI is InChI=1S/C12H22/c1-9-6-7-12-10(2)4-3-5-11(12)8-9/h9-12H,3-8H2,1-2H3/t9-,10-,11+,12-/m0/s1. The smallest absolute Gasteiger partial charge is 0.0360 e. The molecule has 12 heavy (non-hydrogen) atoms. The van der Waals surface area contributed by atoms with Crippen molar-refractivity contribution in [1.82, 2.24) is 0 Å². The maximum atomic E-state index is 2.48. The molecule has 0 unspecified atom stereocenters. The summed E-state index contributed by atoms with van der Waals surface area (Å²) in [4.78, 5) is 0. The Kier molecular flexibility index (Phi) is 2.43. The predicted molar refractivity (Wildman–Crippen MR) is 53.0 cm³/mol. The normalized spacial score (nSPS) is 48.5. The van der Waals surface area contributed by atoms with Crippen LogP contribution in [-0.4, -0.2) is 0 Å². The molecule has 2 aliphatic rings. The molecule has 0 radical (unpaired) electrons. The van der Waals surface area contributed by atoms with Crippen LogP contribution in [0.15, 0.2) is 0 Å². The maximum absolute atomic E-state index is 2.48. The van der Waals surface area contributed by atoms with E-state index < -0.39 is 0 Å². The second-order valence-electron chi connectivity index (χ2n) is 5.25. The number of hydrogen-bond acceptors (Lipinski definition) is 0. The lowest BCUT2D eigenvalue weighted by Crippen LogP contribution is -2.31. The summed E-state index contributed by atoms with van der Waals surface area (Å²) in [5, 5.41) is 0. The lowest BCUT2D eigenvalue weighted by Gasteiger charge is -2.42. The molecule has 2 saturated carbocycles. The minimum absolute atomic E-state index is 1.02. The van der Waals surface area contributed by atoms with Crippen molar-refractivity contribution in [2.24, 2.45) is 23.7 Å². The first-order valence-corrected chi connectivity index (χ1v) is 5.77. The second kappa shape index (κ2) is 3.40. The second-order valence-corrected chi connectivity index (χ2v) is 5.25. The zero-order chi connectivity index (χ0) is 8.55. The predicted octanol–water partition coefficient (Wildman–Crippen LogP) is 3.86. The molecule has 0 aromatic heterocycles. The third-order valence-electron chi connectivity index (χ3n) is 4.27. The van der Waals surface area contributed by atoms with Crippen LogP contribution in [0.5, 0.6) is 0 Å². The van der Waals surface area contributed by atoms with E-state index >= 15 is 0 Å². The summed E-state index contributed by atoms with van der Waals surface area (Å²) >= 11 is 0. The molecule has 0 bridgehead atoms. The highest BCUT2D eigenvalue weighted by Gasteiger charge is 2.34. The minimum atomic E-state index is 1.02. The summed E-state index contributed by atoms with van der Waals surface area (Å²) in [5.74, 6) is 4.28. The molecule has 2 fully saturated rings. The molecule has 2 aliphatic carbocycles. The van der Waals surface area contributed by atoms with Gasteiger partial charge in [0.1, 0.15) is 0 Å². The average Bonchev–Trinajstić information content (AvgIpc) is 2.04. The van der Waals surface area contributed by atoms with Crippen LogP contribution in [0.3, 0.4) is 0 Å². The summed E-state index contributed by atoms with van der Waals surface area (Å²) in [6.07, 6.45) is 9.14. The van der Waals surface area contributed by atoms with Crippen LogP contribution < -0.4 is 0 Å². The SMILES string of the molecule is C[C@H]1CC[C@@H]2[C@H](CCC[C@@H]2C)C1. The Balaban J connectivity index is 1.99. The maximum Gasteiger partial charge on any atom is -0.0360 e. The lowest BCUT2D eigenvalue weighted by molar-refractivity contribution is 0.0892. The van der Waals surface area contributed by atoms with E-state index in [1.807, 2.05) is 0 Å². The Labute approximate surface area is 76.7 Å². The van der Waals surface area contributed by atoms with E-state index in [-0.39, 0.29) is 0 Å². The van der Waals surface area contributed by atoms with Gasteiger partial charge in [-0.05, 0) is 36.5 Å².